The molecule has 0 aliphatic rings. The van der Waals surface area contributed by atoms with Crippen LogP contribution in [0.15, 0.2) is 30.3 Å². The number of carbonyl (C=O) groups is 1. The fourth-order valence-corrected chi connectivity index (χ4v) is 2.57. The van der Waals surface area contributed by atoms with E-state index in [0.29, 0.717) is 33.7 Å². The van der Waals surface area contributed by atoms with Gasteiger partial charge in [0.1, 0.15) is 17.1 Å². The number of ketones is 1. The van der Waals surface area contributed by atoms with Crippen LogP contribution < -0.4 is 9.47 Å². The van der Waals surface area contributed by atoms with Gasteiger partial charge >= 0.3 is 0 Å². The first-order chi connectivity index (χ1) is 11.6. The van der Waals surface area contributed by atoms with Gasteiger partial charge in [-0.3, -0.25) is 4.79 Å². The topological polar surface area (TPSA) is 88.0 Å². The maximum atomic E-state index is 12.9. The Kier molecular flexibility index (Phi) is 3.92. The Hall–Kier alpha value is -3.33. The van der Waals surface area contributed by atoms with Crippen molar-refractivity contribution in [3.63, 3.8) is 0 Å². The zero-order chi connectivity index (χ0) is 17.3. The van der Waals surface area contributed by atoms with Crippen molar-refractivity contribution >= 4 is 16.8 Å². The molecule has 3 aromatic rings. The van der Waals surface area contributed by atoms with Crippen LogP contribution in [-0.4, -0.2) is 30.0 Å². The maximum absolute atomic E-state index is 12.9. The van der Waals surface area contributed by atoms with E-state index in [2.05, 4.69) is 16.0 Å². The summed E-state index contributed by atoms with van der Waals surface area (Å²) in [6.07, 6.45) is 0. The number of nitrogens with zero attached hydrogens (tertiary/aromatic N) is 2. The number of imidazole rings is 1. The summed E-state index contributed by atoms with van der Waals surface area (Å²) in [6.45, 7) is 1.89. The zero-order valence-electron chi connectivity index (χ0n) is 13.5. The minimum Gasteiger partial charge on any atom is -0.496 e. The Morgan fingerprint density at radius 3 is 2.42 bits per heavy atom. The van der Waals surface area contributed by atoms with Crippen molar-refractivity contribution in [2.45, 2.75) is 6.92 Å². The maximum Gasteiger partial charge on any atom is 0.235 e. The summed E-state index contributed by atoms with van der Waals surface area (Å²) in [6, 6.07) is 10.6. The van der Waals surface area contributed by atoms with Gasteiger partial charge in [0.15, 0.2) is 5.82 Å². The predicted molar refractivity (Wildman–Crippen MR) is 88.5 cm³/mol. The first-order valence-electron chi connectivity index (χ1n) is 7.24. The van der Waals surface area contributed by atoms with Crippen LogP contribution in [0.5, 0.6) is 11.5 Å². The lowest BCUT2D eigenvalue weighted by Gasteiger charge is -2.12. The summed E-state index contributed by atoms with van der Waals surface area (Å²) in [5.74, 6) is 0.684. The molecule has 0 atom stereocenters. The third kappa shape index (κ3) is 2.57. The van der Waals surface area contributed by atoms with E-state index >= 15 is 0 Å². The Morgan fingerprint density at radius 1 is 1.17 bits per heavy atom. The van der Waals surface area contributed by atoms with Crippen molar-refractivity contribution in [3.8, 4) is 17.6 Å². The van der Waals surface area contributed by atoms with Crippen molar-refractivity contribution in [3.05, 3.63) is 52.8 Å². The average molecular weight is 321 g/mol. The minimum absolute atomic E-state index is 0.167. The Labute approximate surface area is 138 Å². The van der Waals surface area contributed by atoms with Crippen LogP contribution in [0.4, 0.5) is 0 Å². The summed E-state index contributed by atoms with van der Waals surface area (Å²) in [7, 11) is 3.01. The first kappa shape index (κ1) is 15.6. The molecule has 0 saturated carbocycles. The number of carbonyl (C=O) groups excluding carboxylic acids is 1. The third-order valence-electron chi connectivity index (χ3n) is 3.70. The average Bonchev–Trinajstić information content (AvgIpc) is 3.03. The molecule has 0 aliphatic carbocycles. The number of nitrogens with one attached hydrogen (secondary N) is 1. The van der Waals surface area contributed by atoms with E-state index in [1.807, 2.05) is 6.92 Å². The molecule has 2 aromatic carbocycles. The van der Waals surface area contributed by atoms with Crippen LogP contribution in [0.25, 0.3) is 11.0 Å². The summed E-state index contributed by atoms with van der Waals surface area (Å²) in [4.78, 5) is 20.2. The second-order valence-electron chi connectivity index (χ2n) is 5.30. The van der Waals surface area contributed by atoms with Crippen molar-refractivity contribution in [1.82, 2.24) is 9.97 Å². The Balaban J connectivity index is 2.14. The van der Waals surface area contributed by atoms with Gasteiger partial charge in [-0.05, 0) is 42.8 Å². The SMILES string of the molecule is COc1cc(C)cc(OC)c1C(=O)c1nc2ccc(C#N)cc2[nH]1. The number of hydrogen-bond acceptors (Lipinski definition) is 5. The fraction of sp³-hybridized carbons (Fsp3) is 0.167. The van der Waals surface area contributed by atoms with Crippen LogP contribution in [0.3, 0.4) is 0 Å². The quantitative estimate of drug-likeness (QED) is 0.746. The molecular weight excluding hydrogens is 306 g/mol. The van der Waals surface area contributed by atoms with Gasteiger partial charge in [-0.2, -0.15) is 5.26 Å². The van der Waals surface area contributed by atoms with Crippen molar-refractivity contribution in [2.75, 3.05) is 14.2 Å². The minimum atomic E-state index is -0.335. The van der Waals surface area contributed by atoms with E-state index in [1.54, 1.807) is 30.3 Å². The lowest BCUT2D eigenvalue weighted by Crippen LogP contribution is -2.08. The molecule has 120 valence electrons. The lowest BCUT2D eigenvalue weighted by molar-refractivity contribution is 0.102. The molecule has 0 spiro atoms. The number of rotatable bonds is 4. The van der Waals surface area contributed by atoms with Crippen LogP contribution in [0.2, 0.25) is 0 Å². The highest BCUT2D eigenvalue weighted by molar-refractivity contribution is 6.11. The van der Waals surface area contributed by atoms with Gasteiger partial charge in [-0.15, -0.1) is 0 Å². The molecule has 0 bridgehead atoms. The summed E-state index contributed by atoms with van der Waals surface area (Å²) in [5.41, 5.74) is 2.97. The van der Waals surface area contributed by atoms with Crippen LogP contribution >= 0.6 is 0 Å². The molecule has 3 rings (SSSR count). The number of fused-ring (bicyclic) bond motifs is 1. The van der Waals surface area contributed by atoms with Crippen molar-refractivity contribution in [1.29, 1.82) is 5.26 Å². The smallest absolute Gasteiger partial charge is 0.235 e. The monoisotopic (exact) mass is 321 g/mol. The van der Waals surface area contributed by atoms with E-state index < -0.39 is 0 Å². The van der Waals surface area contributed by atoms with Crippen molar-refractivity contribution < 1.29 is 14.3 Å². The van der Waals surface area contributed by atoms with E-state index in [9.17, 15) is 4.79 Å². The van der Waals surface area contributed by atoms with Crippen LogP contribution in [0, 0.1) is 18.3 Å². The molecule has 6 heteroatoms. The molecule has 0 radical (unpaired) electrons. The van der Waals surface area contributed by atoms with Crippen molar-refractivity contribution in [2.24, 2.45) is 0 Å². The van der Waals surface area contributed by atoms with Gasteiger partial charge in [0.2, 0.25) is 5.78 Å². The molecule has 0 unspecified atom stereocenters. The summed E-state index contributed by atoms with van der Waals surface area (Å²) in [5, 5.41) is 8.97. The van der Waals surface area contributed by atoms with Gasteiger partial charge in [-0.1, -0.05) is 0 Å². The molecule has 24 heavy (non-hydrogen) atoms. The second kappa shape index (κ2) is 6.05. The highest BCUT2D eigenvalue weighted by atomic mass is 16.5. The largest absolute Gasteiger partial charge is 0.496 e. The first-order valence-corrected chi connectivity index (χ1v) is 7.24. The number of aromatic amines is 1. The van der Waals surface area contributed by atoms with Crippen LogP contribution in [0.1, 0.15) is 27.3 Å². The second-order valence-corrected chi connectivity index (χ2v) is 5.30. The third-order valence-corrected chi connectivity index (χ3v) is 3.70. The molecule has 0 saturated heterocycles. The number of H-pyrrole nitrogens is 1. The molecular formula is C18H15N3O3. The molecule has 6 nitrogen and oxygen atoms in total. The number of nitriles is 1. The highest BCUT2D eigenvalue weighted by Crippen LogP contribution is 2.32. The normalized spacial score (nSPS) is 10.4. The molecule has 0 amide bonds. The van der Waals surface area contributed by atoms with E-state index in [1.165, 1.54) is 14.2 Å². The number of benzene rings is 2. The van der Waals surface area contributed by atoms with E-state index in [4.69, 9.17) is 14.7 Å². The van der Waals surface area contributed by atoms with Gasteiger partial charge < -0.3 is 14.5 Å². The molecule has 1 aromatic heterocycles. The van der Waals surface area contributed by atoms with E-state index in [0.717, 1.165) is 5.56 Å². The van der Waals surface area contributed by atoms with E-state index in [-0.39, 0.29) is 11.6 Å². The Morgan fingerprint density at radius 2 is 1.83 bits per heavy atom. The number of aromatic nitrogens is 2. The highest BCUT2D eigenvalue weighted by Gasteiger charge is 2.23. The fourth-order valence-electron chi connectivity index (χ4n) is 2.57. The zero-order valence-corrected chi connectivity index (χ0v) is 13.5. The summed E-state index contributed by atoms with van der Waals surface area (Å²) < 4.78 is 10.7. The number of hydrogen-bond donors (Lipinski definition) is 1. The number of aryl methyl sites for hydroxylation is 1. The van der Waals surface area contributed by atoms with Gasteiger partial charge in [0, 0.05) is 0 Å². The standard InChI is InChI=1S/C18H15N3O3/c1-10-6-14(23-2)16(15(7-10)24-3)17(22)18-20-12-5-4-11(9-19)8-13(12)21-18/h4-8H,1-3H3,(H,20,21). The van der Waals surface area contributed by atoms with Gasteiger partial charge in [-0.25, -0.2) is 4.98 Å². The predicted octanol–water partition coefficient (Wildman–Crippen LogP) is 2.99. The Bertz CT molecular complexity index is 958. The molecule has 0 fully saturated rings. The molecule has 1 heterocycles. The molecule has 0 aliphatic heterocycles. The number of methoxy groups -OCH3 is 2. The summed E-state index contributed by atoms with van der Waals surface area (Å²) >= 11 is 0. The lowest BCUT2D eigenvalue weighted by atomic mass is 10.0. The van der Waals surface area contributed by atoms with Crippen LogP contribution in [-0.2, 0) is 0 Å². The molecule has 1 N–H and O–H groups in total. The van der Waals surface area contributed by atoms with Gasteiger partial charge in [0.25, 0.3) is 0 Å². The van der Waals surface area contributed by atoms with Gasteiger partial charge in [0.05, 0.1) is 36.9 Å². The number of ether oxygens (including phenoxy) is 2.